The molecule has 1 N–H and O–H groups in total. The third-order valence-corrected chi connectivity index (χ3v) is 6.23. The first-order valence-corrected chi connectivity index (χ1v) is 12.7. The molecule has 194 valence electrons. The molecular formula is C28H37FN4O3. The molecule has 1 aliphatic heterocycles. The van der Waals surface area contributed by atoms with Crippen molar-refractivity contribution >= 4 is 0 Å². The zero-order valence-corrected chi connectivity index (χ0v) is 21.4. The summed E-state index contributed by atoms with van der Waals surface area (Å²) >= 11 is 0. The molecule has 1 aromatic heterocycles. The van der Waals surface area contributed by atoms with Crippen LogP contribution in [-0.2, 0) is 11.3 Å². The van der Waals surface area contributed by atoms with E-state index in [9.17, 15) is 9.50 Å². The maximum atomic E-state index is 14.6. The predicted molar refractivity (Wildman–Crippen MR) is 138 cm³/mol. The maximum absolute atomic E-state index is 14.6. The molecule has 0 radical (unpaired) electrons. The fraction of sp³-hybridized carbons (Fsp3) is 0.464. The molecule has 1 aliphatic rings. The van der Waals surface area contributed by atoms with Crippen LogP contribution in [0.3, 0.4) is 0 Å². The Labute approximate surface area is 213 Å². The molecule has 1 fully saturated rings. The maximum Gasteiger partial charge on any atom is 0.227 e. The molecule has 1 saturated heterocycles. The summed E-state index contributed by atoms with van der Waals surface area (Å²) in [6, 6.07) is 16.1. The molecule has 2 heterocycles. The Morgan fingerprint density at radius 1 is 1.06 bits per heavy atom. The Morgan fingerprint density at radius 2 is 1.75 bits per heavy atom. The first-order valence-electron chi connectivity index (χ1n) is 12.7. The number of aliphatic hydroxyl groups is 1. The Balaban J connectivity index is 1.62. The molecule has 0 amide bonds. The summed E-state index contributed by atoms with van der Waals surface area (Å²) in [6.45, 7) is 11.8. The number of hydrogen-bond donors (Lipinski definition) is 1. The van der Waals surface area contributed by atoms with Crippen LogP contribution in [0.25, 0.3) is 5.69 Å². The Bertz CT molecular complexity index is 1100. The van der Waals surface area contributed by atoms with E-state index < -0.39 is 11.9 Å². The van der Waals surface area contributed by atoms with Gasteiger partial charge in [-0.15, -0.1) is 0 Å². The minimum Gasteiger partial charge on any atom is -0.435 e. The van der Waals surface area contributed by atoms with E-state index in [-0.39, 0.29) is 5.75 Å². The summed E-state index contributed by atoms with van der Waals surface area (Å²) in [7, 11) is 0. The smallest absolute Gasteiger partial charge is 0.227 e. The first-order chi connectivity index (χ1) is 17.4. The molecule has 7 nitrogen and oxygen atoms in total. The van der Waals surface area contributed by atoms with Crippen LogP contribution >= 0.6 is 0 Å². The van der Waals surface area contributed by atoms with Crippen LogP contribution in [0.1, 0.15) is 25.1 Å². The molecule has 3 aromatic rings. The van der Waals surface area contributed by atoms with Gasteiger partial charge in [0.15, 0.2) is 11.6 Å². The molecule has 1 atom stereocenters. The van der Waals surface area contributed by atoms with Crippen LogP contribution in [0.4, 0.5) is 4.39 Å². The highest BCUT2D eigenvalue weighted by molar-refractivity contribution is 5.43. The van der Waals surface area contributed by atoms with Gasteiger partial charge in [-0.3, -0.25) is 9.80 Å². The molecular weight excluding hydrogens is 459 g/mol. The number of para-hydroxylation sites is 2. The number of aryl methyl sites for hydroxylation is 1. The van der Waals surface area contributed by atoms with Gasteiger partial charge < -0.3 is 14.6 Å². The summed E-state index contributed by atoms with van der Waals surface area (Å²) in [5.41, 5.74) is 2.52. The van der Waals surface area contributed by atoms with Crippen LogP contribution in [0.2, 0.25) is 0 Å². The first kappa shape index (κ1) is 26.3. The van der Waals surface area contributed by atoms with Crippen molar-refractivity contribution in [2.45, 2.75) is 33.4 Å². The molecule has 0 saturated carbocycles. The quantitative estimate of drug-likeness (QED) is 0.428. The van der Waals surface area contributed by atoms with Crippen molar-refractivity contribution in [1.82, 2.24) is 19.6 Å². The Kier molecular flexibility index (Phi) is 9.09. The third kappa shape index (κ3) is 6.91. The number of morpholine rings is 1. The van der Waals surface area contributed by atoms with Crippen molar-refractivity contribution in [3.05, 3.63) is 71.7 Å². The standard InChI is InChI=1S/C28H37FN4O3/c1-21(2)17-32(19-24(34)18-31-13-15-35-16-14-31)20-25-22(3)30-33(23-9-5-4-6-10-23)28(25)36-27-12-8-7-11-26(27)29/h4-12,21,24,34H,13-20H2,1-3H3/t24-/m1/s1. The Morgan fingerprint density at radius 3 is 2.44 bits per heavy atom. The highest BCUT2D eigenvalue weighted by Crippen LogP contribution is 2.33. The molecule has 4 rings (SSSR count). The second kappa shape index (κ2) is 12.5. The van der Waals surface area contributed by atoms with Gasteiger partial charge in [-0.25, -0.2) is 9.07 Å². The van der Waals surface area contributed by atoms with E-state index in [0.29, 0.717) is 44.6 Å². The van der Waals surface area contributed by atoms with Gasteiger partial charge in [-0.1, -0.05) is 44.2 Å². The number of ether oxygens (including phenoxy) is 2. The lowest BCUT2D eigenvalue weighted by atomic mass is 10.1. The van der Waals surface area contributed by atoms with Gasteiger partial charge >= 0.3 is 0 Å². The van der Waals surface area contributed by atoms with Gasteiger partial charge in [-0.05, 0) is 37.1 Å². The lowest BCUT2D eigenvalue weighted by Crippen LogP contribution is -2.45. The van der Waals surface area contributed by atoms with E-state index in [2.05, 4.69) is 23.6 Å². The van der Waals surface area contributed by atoms with E-state index in [1.165, 1.54) is 6.07 Å². The van der Waals surface area contributed by atoms with Crippen molar-refractivity contribution < 1.29 is 19.0 Å². The van der Waals surface area contributed by atoms with Crippen molar-refractivity contribution in [2.24, 2.45) is 5.92 Å². The van der Waals surface area contributed by atoms with Crippen LogP contribution in [0.15, 0.2) is 54.6 Å². The number of aliphatic hydroxyl groups excluding tert-OH is 1. The fourth-order valence-electron chi connectivity index (χ4n) is 4.58. The lowest BCUT2D eigenvalue weighted by Gasteiger charge is -2.31. The van der Waals surface area contributed by atoms with E-state index in [4.69, 9.17) is 14.6 Å². The van der Waals surface area contributed by atoms with Crippen molar-refractivity contribution in [3.8, 4) is 17.3 Å². The van der Waals surface area contributed by atoms with Crippen LogP contribution < -0.4 is 4.74 Å². The summed E-state index contributed by atoms with van der Waals surface area (Å²) in [5, 5.41) is 15.7. The second-order valence-corrected chi connectivity index (χ2v) is 9.80. The average molecular weight is 497 g/mol. The fourth-order valence-corrected chi connectivity index (χ4v) is 4.58. The average Bonchev–Trinajstić information content (AvgIpc) is 3.16. The zero-order chi connectivity index (χ0) is 25.5. The van der Waals surface area contributed by atoms with Crippen LogP contribution in [-0.4, -0.2) is 76.7 Å². The minimum absolute atomic E-state index is 0.151. The van der Waals surface area contributed by atoms with Gasteiger partial charge in [0.05, 0.1) is 36.3 Å². The van der Waals surface area contributed by atoms with Crippen molar-refractivity contribution in [3.63, 3.8) is 0 Å². The monoisotopic (exact) mass is 496 g/mol. The van der Waals surface area contributed by atoms with Crippen LogP contribution in [0, 0.1) is 18.7 Å². The summed E-state index contributed by atoms with van der Waals surface area (Å²) in [6.07, 6.45) is -0.498. The molecule has 2 aromatic carbocycles. The van der Waals surface area contributed by atoms with Crippen molar-refractivity contribution in [1.29, 1.82) is 0 Å². The molecule has 36 heavy (non-hydrogen) atoms. The van der Waals surface area contributed by atoms with Gasteiger partial charge in [0.25, 0.3) is 0 Å². The summed E-state index contributed by atoms with van der Waals surface area (Å²) in [5.74, 6) is 0.613. The number of halogens is 1. The predicted octanol–water partition coefficient (Wildman–Crippen LogP) is 4.26. The molecule has 0 unspecified atom stereocenters. The summed E-state index contributed by atoms with van der Waals surface area (Å²) in [4.78, 5) is 4.48. The molecule has 0 aliphatic carbocycles. The second-order valence-electron chi connectivity index (χ2n) is 9.80. The SMILES string of the molecule is Cc1nn(-c2ccccc2)c(Oc2ccccc2F)c1CN(CC(C)C)C[C@H](O)CN1CCOCC1. The highest BCUT2D eigenvalue weighted by Gasteiger charge is 2.24. The zero-order valence-electron chi connectivity index (χ0n) is 21.4. The number of hydrogen-bond acceptors (Lipinski definition) is 6. The van der Waals surface area contributed by atoms with Gasteiger partial charge in [-0.2, -0.15) is 5.10 Å². The van der Waals surface area contributed by atoms with Crippen molar-refractivity contribution in [2.75, 3.05) is 45.9 Å². The topological polar surface area (TPSA) is 63.0 Å². The third-order valence-electron chi connectivity index (χ3n) is 6.23. The van der Waals surface area contributed by atoms with Gasteiger partial charge in [0.2, 0.25) is 5.88 Å². The van der Waals surface area contributed by atoms with E-state index in [0.717, 1.165) is 36.6 Å². The molecule has 0 bridgehead atoms. The largest absolute Gasteiger partial charge is 0.435 e. The van der Waals surface area contributed by atoms with E-state index in [1.807, 2.05) is 37.3 Å². The van der Waals surface area contributed by atoms with E-state index in [1.54, 1.807) is 22.9 Å². The highest BCUT2D eigenvalue weighted by atomic mass is 19.1. The minimum atomic E-state index is -0.498. The molecule has 0 spiro atoms. The number of β-amino-alcohol motifs (C(OH)–C–C–N with tert-alkyl or cyclic N) is 1. The molecule has 8 heteroatoms. The number of nitrogens with zero attached hydrogens (tertiary/aromatic N) is 4. The normalized spacial score (nSPS) is 15.5. The number of benzene rings is 2. The number of aromatic nitrogens is 2. The van der Waals surface area contributed by atoms with Gasteiger partial charge in [0.1, 0.15) is 0 Å². The Hall–Kier alpha value is -2.78. The van der Waals surface area contributed by atoms with Crippen LogP contribution in [0.5, 0.6) is 11.6 Å². The van der Waals surface area contributed by atoms with E-state index >= 15 is 0 Å². The summed E-state index contributed by atoms with van der Waals surface area (Å²) < 4.78 is 27.9. The number of rotatable bonds is 11. The lowest BCUT2D eigenvalue weighted by molar-refractivity contribution is 0.00533. The van der Waals surface area contributed by atoms with Gasteiger partial charge in [0, 0.05) is 39.3 Å².